The van der Waals surface area contributed by atoms with Crippen molar-refractivity contribution >= 4 is 29.4 Å². The van der Waals surface area contributed by atoms with E-state index in [0.717, 1.165) is 11.1 Å². The third kappa shape index (κ3) is 4.99. The summed E-state index contributed by atoms with van der Waals surface area (Å²) in [5.41, 5.74) is 4.22. The van der Waals surface area contributed by atoms with Gasteiger partial charge in [-0.2, -0.15) is 10.2 Å². The Balaban J connectivity index is 1.59. The number of aromatic nitrogens is 2. The van der Waals surface area contributed by atoms with Crippen molar-refractivity contribution in [3.05, 3.63) is 92.8 Å². The monoisotopic (exact) mass is 383 g/mol. The standard InChI is InChI=1S/C18H14ClN5O3/c19-15-3-1-2-14(10-15)11-20-21-18(25)17-8-9-23(22-17)12-13-4-6-16(7-5-13)24(26)27/h1-11H,12H2,(H,21,25)/b20-11-. The van der Waals surface area contributed by atoms with Crippen LogP contribution in [0.2, 0.25) is 5.02 Å². The van der Waals surface area contributed by atoms with Gasteiger partial charge in [0.2, 0.25) is 0 Å². The molecule has 0 aliphatic carbocycles. The van der Waals surface area contributed by atoms with Crippen molar-refractivity contribution < 1.29 is 9.72 Å². The molecule has 0 spiro atoms. The summed E-state index contributed by atoms with van der Waals surface area (Å²) in [7, 11) is 0. The van der Waals surface area contributed by atoms with Gasteiger partial charge in [-0.1, -0.05) is 35.9 Å². The molecule has 3 aromatic rings. The molecule has 0 fully saturated rings. The Kier molecular flexibility index (Phi) is 5.58. The molecule has 1 amide bonds. The first-order valence-corrected chi connectivity index (χ1v) is 8.25. The quantitative estimate of drug-likeness (QED) is 0.401. The van der Waals surface area contributed by atoms with Crippen molar-refractivity contribution in [1.82, 2.24) is 15.2 Å². The third-order valence-electron chi connectivity index (χ3n) is 3.59. The van der Waals surface area contributed by atoms with E-state index >= 15 is 0 Å². The van der Waals surface area contributed by atoms with Gasteiger partial charge in [-0.05, 0) is 29.3 Å². The summed E-state index contributed by atoms with van der Waals surface area (Å²) in [5.74, 6) is -0.448. The van der Waals surface area contributed by atoms with Crippen molar-refractivity contribution in [2.45, 2.75) is 6.54 Å². The maximum atomic E-state index is 12.1. The number of carbonyl (C=O) groups is 1. The van der Waals surface area contributed by atoms with E-state index in [4.69, 9.17) is 11.6 Å². The third-order valence-corrected chi connectivity index (χ3v) is 3.83. The highest BCUT2D eigenvalue weighted by Gasteiger charge is 2.09. The lowest BCUT2D eigenvalue weighted by Crippen LogP contribution is -2.18. The van der Waals surface area contributed by atoms with Crippen molar-refractivity contribution in [2.75, 3.05) is 0 Å². The van der Waals surface area contributed by atoms with Crippen LogP contribution in [0, 0.1) is 10.1 Å². The highest BCUT2D eigenvalue weighted by molar-refractivity contribution is 6.30. The Bertz CT molecular complexity index is 998. The van der Waals surface area contributed by atoms with Crippen LogP contribution in [0.5, 0.6) is 0 Å². The number of benzene rings is 2. The molecule has 1 N–H and O–H groups in total. The normalized spacial score (nSPS) is 10.9. The number of halogens is 1. The Labute approximate surface area is 159 Å². The number of carbonyl (C=O) groups excluding carboxylic acids is 1. The number of nitrogens with zero attached hydrogens (tertiary/aromatic N) is 4. The number of hydrogen-bond acceptors (Lipinski definition) is 5. The molecule has 0 unspecified atom stereocenters. The second-order valence-corrected chi connectivity index (χ2v) is 6.01. The number of nitrogens with one attached hydrogen (secondary N) is 1. The number of rotatable bonds is 6. The first kappa shape index (κ1) is 18.3. The van der Waals surface area contributed by atoms with Crippen molar-refractivity contribution in [3.63, 3.8) is 0 Å². The van der Waals surface area contributed by atoms with E-state index < -0.39 is 10.8 Å². The number of non-ortho nitro benzene ring substituents is 1. The lowest BCUT2D eigenvalue weighted by Gasteiger charge is -2.01. The fraction of sp³-hybridized carbons (Fsp3) is 0.0556. The maximum Gasteiger partial charge on any atom is 0.291 e. The molecule has 136 valence electrons. The minimum Gasteiger partial charge on any atom is -0.268 e. The zero-order chi connectivity index (χ0) is 19.2. The summed E-state index contributed by atoms with van der Waals surface area (Å²) in [6.07, 6.45) is 3.13. The van der Waals surface area contributed by atoms with Crippen LogP contribution < -0.4 is 5.43 Å². The molecule has 0 radical (unpaired) electrons. The van der Waals surface area contributed by atoms with Gasteiger partial charge in [0.15, 0.2) is 5.69 Å². The van der Waals surface area contributed by atoms with Crippen molar-refractivity contribution in [3.8, 4) is 0 Å². The molecule has 0 bridgehead atoms. The first-order chi connectivity index (χ1) is 13.0. The van der Waals surface area contributed by atoms with E-state index in [1.165, 1.54) is 18.3 Å². The van der Waals surface area contributed by atoms with Crippen LogP contribution in [0.1, 0.15) is 21.6 Å². The number of nitro groups is 1. The molecule has 1 aromatic heterocycles. The molecule has 2 aromatic carbocycles. The van der Waals surface area contributed by atoms with Gasteiger partial charge >= 0.3 is 0 Å². The zero-order valence-electron chi connectivity index (χ0n) is 13.9. The van der Waals surface area contributed by atoms with Crippen LogP contribution in [-0.4, -0.2) is 26.8 Å². The van der Waals surface area contributed by atoms with E-state index in [-0.39, 0.29) is 11.4 Å². The Morgan fingerprint density at radius 3 is 2.74 bits per heavy atom. The van der Waals surface area contributed by atoms with Gasteiger partial charge < -0.3 is 0 Å². The Hall–Kier alpha value is -3.52. The Morgan fingerprint density at radius 1 is 1.26 bits per heavy atom. The molecule has 0 aliphatic heterocycles. The highest BCUT2D eigenvalue weighted by atomic mass is 35.5. The minimum absolute atomic E-state index is 0.0249. The minimum atomic E-state index is -0.454. The second-order valence-electron chi connectivity index (χ2n) is 5.58. The molecule has 8 nitrogen and oxygen atoms in total. The van der Waals surface area contributed by atoms with E-state index in [9.17, 15) is 14.9 Å². The predicted molar refractivity (Wildman–Crippen MR) is 101 cm³/mol. The van der Waals surface area contributed by atoms with E-state index in [1.54, 1.807) is 53.3 Å². The lowest BCUT2D eigenvalue weighted by atomic mass is 10.2. The summed E-state index contributed by atoms with van der Waals surface area (Å²) >= 11 is 5.88. The summed E-state index contributed by atoms with van der Waals surface area (Å²) in [4.78, 5) is 22.3. The molecule has 0 saturated carbocycles. The fourth-order valence-electron chi connectivity index (χ4n) is 2.29. The number of nitro benzene ring substituents is 1. The molecule has 1 heterocycles. The Morgan fingerprint density at radius 2 is 2.04 bits per heavy atom. The maximum absolute atomic E-state index is 12.1. The summed E-state index contributed by atoms with van der Waals surface area (Å²) < 4.78 is 1.57. The smallest absolute Gasteiger partial charge is 0.268 e. The number of hydrazone groups is 1. The van der Waals surface area contributed by atoms with E-state index in [0.29, 0.717) is 11.6 Å². The van der Waals surface area contributed by atoms with Crippen LogP contribution in [0.25, 0.3) is 0 Å². The van der Waals surface area contributed by atoms with Gasteiger partial charge in [0.25, 0.3) is 11.6 Å². The molecule has 0 aliphatic rings. The van der Waals surface area contributed by atoms with E-state index in [2.05, 4.69) is 15.6 Å². The van der Waals surface area contributed by atoms with Crippen molar-refractivity contribution in [1.29, 1.82) is 0 Å². The summed E-state index contributed by atoms with van der Waals surface area (Å²) in [6.45, 7) is 0.386. The highest BCUT2D eigenvalue weighted by Crippen LogP contribution is 2.13. The molecule has 3 rings (SSSR count). The van der Waals surface area contributed by atoms with Crippen molar-refractivity contribution in [2.24, 2.45) is 5.10 Å². The van der Waals surface area contributed by atoms with Gasteiger partial charge in [0.05, 0.1) is 17.7 Å². The van der Waals surface area contributed by atoms with Crippen LogP contribution in [0.15, 0.2) is 65.9 Å². The van der Waals surface area contributed by atoms with Crippen LogP contribution in [0.3, 0.4) is 0 Å². The molecule has 0 saturated heterocycles. The van der Waals surface area contributed by atoms with Gasteiger partial charge in [-0.15, -0.1) is 0 Å². The summed E-state index contributed by atoms with van der Waals surface area (Å²) in [6, 6.07) is 14.8. The summed E-state index contributed by atoms with van der Waals surface area (Å²) in [5, 5.41) is 19.3. The SMILES string of the molecule is O=C(N/N=C\c1cccc(Cl)c1)c1ccn(Cc2ccc([N+](=O)[O-])cc2)n1. The van der Waals surface area contributed by atoms with E-state index in [1.807, 2.05) is 0 Å². The topological polar surface area (TPSA) is 102 Å². The molecule has 9 heteroatoms. The number of amides is 1. The van der Waals surface area contributed by atoms with Gasteiger partial charge in [-0.3, -0.25) is 19.6 Å². The van der Waals surface area contributed by atoms with Crippen LogP contribution >= 0.6 is 11.6 Å². The molecular formula is C18H14ClN5O3. The largest absolute Gasteiger partial charge is 0.291 e. The molecule has 0 atom stereocenters. The van der Waals surface area contributed by atoms with Crippen LogP contribution in [-0.2, 0) is 6.54 Å². The average Bonchev–Trinajstić information content (AvgIpc) is 3.11. The van der Waals surface area contributed by atoms with Crippen LogP contribution in [0.4, 0.5) is 5.69 Å². The number of hydrogen-bond donors (Lipinski definition) is 1. The average molecular weight is 384 g/mol. The second kappa shape index (κ2) is 8.24. The fourth-order valence-corrected chi connectivity index (χ4v) is 2.49. The van der Waals surface area contributed by atoms with Gasteiger partial charge in [0, 0.05) is 23.4 Å². The first-order valence-electron chi connectivity index (χ1n) is 7.87. The zero-order valence-corrected chi connectivity index (χ0v) is 14.7. The van der Waals surface area contributed by atoms with Gasteiger partial charge in [-0.25, -0.2) is 5.43 Å². The van der Waals surface area contributed by atoms with Gasteiger partial charge in [0.1, 0.15) is 0 Å². The molecule has 27 heavy (non-hydrogen) atoms. The molecular weight excluding hydrogens is 370 g/mol. The lowest BCUT2D eigenvalue weighted by molar-refractivity contribution is -0.384. The predicted octanol–water partition coefficient (Wildman–Crippen LogP) is 3.26.